The standard InChI is InChI=1S/C23H28N2O4/c26-22(17-21-8-4-5-9-23(21)25(27)28)16-19-10-12-24(13-11-19)14-15-29-18-20-6-2-1-3-7-20/h1-9,19H,10-18H2. The van der Waals surface area contributed by atoms with Gasteiger partial charge in [-0.25, -0.2) is 0 Å². The number of ether oxygens (including phenoxy) is 1. The second-order valence-electron chi connectivity index (χ2n) is 7.63. The van der Waals surface area contributed by atoms with Gasteiger partial charge in [0, 0.05) is 31.0 Å². The lowest BCUT2D eigenvalue weighted by molar-refractivity contribution is -0.385. The summed E-state index contributed by atoms with van der Waals surface area (Å²) < 4.78 is 5.76. The first kappa shape index (κ1) is 21.1. The van der Waals surface area contributed by atoms with Gasteiger partial charge in [-0.05, 0) is 37.4 Å². The van der Waals surface area contributed by atoms with Gasteiger partial charge in [0.05, 0.1) is 18.1 Å². The highest BCUT2D eigenvalue weighted by atomic mass is 16.6. The second kappa shape index (κ2) is 10.8. The Morgan fingerprint density at radius 2 is 1.76 bits per heavy atom. The van der Waals surface area contributed by atoms with Gasteiger partial charge < -0.3 is 9.64 Å². The van der Waals surface area contributed by atoms with E-state index >= 15 is 0 Å². The van der Waals surface area contributed by atoms with E-state index in [1.54, 1.807) is 18.2 Å². The third kappa shape index (κ3) is 6.76. The summed E-state index contributed by atoms with van der Waals surface area (Å²) in [5.41, 5.74) is 1.73. The topological polar surface area (TPSA) is 72.7 Å². The number of hydrogen-bond acceptors (Lipinski definition) is 5. The summed E-state index contributed by atoms with van der Waals surface area (Å²) in [6.45, 7) is 4.19. The van der Waals surface area contributed by atoms with Crippen LogP contribution in [0.2, 0.25) is 0 Å². The number of hydrogen-bond donors (Lipinski definition) is 0. The molecular weight excluding hydrogens is 368 g/mol. The molecule has 1 aliphatic heterocycles. The lowest BCUT2D eigenvalue weighted by atomic mass is 9.90. The van der Waals surface area contributed by atoms with Crippen molar-refractivity contribution in [3.63, 3.8) is 0 Å². The Kier molecular flexibility index (Phi) is 7.90. The molecule has 29 heavy (non-hydrogen) atoms. The summed E-state index contributed by atoms with van der Waals surface area (Å²) in [4.78, 5) is 25.5. The zero-order valence-electron chi connectivity index (χ0n) is 16.7. The van der Waals surface area contributed by atoms with Crippen LogP contribution in [0.25, 0.3) is 0 Å². The van der Waals surface area contributed by atoms with Crippen molar-refractivity contribution in [2.24, 2.45) is 5.92 Å². The fourth-order valence-corrected chi connectivity index (χ4v) is 3.82. The molecule has 0 saturated carbocycles. The number of benzene rings is 2. The Bertz CT molecular complexity index is 802. The molecule has 2 aromatic carbocycles. The molecular formula is C23H28N2O4. The Morgan fingerprint density at radius 1 is 1.07 bits per heavy atom. The molecule has 6 heteroatoms. The van der Waals surface area contributed by atoms with E-state index in [0.717, 1.165) is 32.5 Å². The molecule has 0 radical (unpaired) electrons. The van der Waals surface area contributed by atoms with Gasteiger partial charge in [0.25, 0.3) is 5.69 Å². The number of nitro benzene ring substituents is 1. The van der Waals surface area contributed by atoms with Crippen molar-refractivity contribution in [3.8, 4) is 0 Å². The van der Waals surface area contributed by atoms with Gasteiger partial charge in [-0.1, -0.05) is 48.5 Å². The largest absolute Gasteiger partial charge is 0.375 e. The van der Waals surface area contributed by atoms with Gasteiger partial charge in [-0.2, -0.15) is 0 Å². The van der Waals surface area contributed by atoms with Gasteiger partial charge in [0.1, 0.15) is 5.78 Å². The smallest absolute Gasteiger partial charge is 0.273 e. The number of piperidine rings is 1. The van der Waals surface area contributed by atoms with Gasteiger partial charge in [0.15, 0.2) is 0 Å². The highest BCUT2D eigenvalue weighted by molar-refractivity contribution is 5.82. The predicted molar refractivity (Wildman–Crippen MR) is 112 cm³/mol. The van der Waals surface area contributed by atoms with E-state index in [1.165, 1.54) is 11.6 Å². The third-order valence-corrected chi connectivity index (χ3v) is 5.46. The van der Waals surface area contributed by atoms with Gasteiger partial charge >= 0.3 is 0 Å². The average Bonchev–Trinajstić information content (AvgIpc) is 2.73. The number of para-hydroxylation sites is 1. The van der Waals surface area contributed by atoms with Crippen molar-refractivity contribution in [2.45, 2.75) is 32.3 Å². The van der Waals surface area contributed by atoms with E-state index < -0.39 is 4.92 Å². The maximum Gasteiger partial charge on any atom is 0.273 e. The molecule has 0 amide bonds. The molecule has 0 aromatic heterocycles. The number of ketones is 1. The molecule has 6 nitrogen and oxygen atoms in total. The van der Waals surface area contributed by atoms with Gasteiger partial charge in [-0.3, -0.25) is 14.9 Å². The molecule has 0 bridgehead atoms. The summed E-state index contributed by atoms with van der Waals surface area (Å²) in [6, 6.07) is 16.7. The molecule has 154 valence electrons. The summed E-state index contributed by atoms with van der Waals surface area (Å²) >= 11 is 0. The molecule has 1 saturated heterocycles. The van der Waals surface area contributed by atoms with E-state index in [1.807, 2.05) is 18.2 Å². The van der Waals surface area contributed by atoms with Crippen LogP contribution in [0.3, 0.4) is 0 Å². The van der Waals surface area contributed by atoms with Crippen LogP contribution in [0.5, 0.6) is 0 Å². The molecule has 0 spiro atoms. The van der Waals surface area contributed by atoms with Crippen molar-refractivity contribution in [2.75, 3.05) is 26.2 Å². The Balaban J connectivity index is 1.34. The minimum absolute atomic E-state index is 0.0335. The number of nitrogens with zero attached hydrogens (tertiary/aromatic N) is 2. The van der Waals surface area contributed by atoms with Crippen molar-refractivity contribution >= 4 is 11.5 Å². The van der Waals surface area contributed by atoms with E-state index in [-0.39, 0.29) is 17.9 Å². The Morgan fingerprint density at radius 3 is 2.48 bits per heavy atom. The minimum Gasteiger partial charge on any atom is -0.375 e. The van der Waals surface area contributed by atoms with Crippen LogP contribution in [0.15, 0.2) is 54.6 Å². The van der Waals surface area contributed by atoms with Crippen LogP contribution in [0.4, 0.5) is 5.69 Å². The summed E-state index contributed by atoms with van der Waals surface area (Å²) in [5.74, 6) is 0.454. The molecule has 0 atom stereocenters. The first-order valence-electron chi connectivity index (χ1n) is 10.2. The van der Waals surface area contributed by atoms with Crippen molar-refractivity contribution in [3.05, 3.63) is 75.8 Å². The average molecular weight is 396 g/mol. The number of nitro groups is 1. The summed E-state index contributed by atoms with van der Waals surface area (Å²) in [7, 11) is 0. The minimum atomic E-state index is -0.416. The van der Waals surface area contributed by atoms with Crippen molar-refractivity contribution in [1.29, 1.82) is 0 Å². The van der Waals surface area contributed by atoms with Crippen molar-refractivity contribution in [1.82, 2.24) is 4.90 Å². The van der Waals surface area contributed by atoms with Gasteiger partial charge in [0.2, 0.25) is 0 Å². The fourth-order valence-electron chi connectivity index (χ4n) is 3.82. The molecule has 2 aromatic rings. The molecule has 1 heterocycles. The Labute approximate surface area is 171 Å². The van der Waals surface area contributed by atoms with Crippen LogP contribution in [0, 0.1) is 16.0 Å². The zero-order valence-corrected chi connectivity index (χ0v) is 16.7. The van der Waals surface area contributed by atoms with Gasteiger partial charge in [-0.15, -0.1) is 0 Å². The number of Topliss-reactive ketones (excluding diaryl/α,β-unsaturated/α-hetero) is 1. The second-order valence-corrected chi connectivity index (χ2v) is 7.63. The first-order chi connectivity index (χ1) is 14.1. The molecule has 0 unspecified atom stereocenters. The molecule has 1 aliphatic rings. The monoisotopic (exact) mass is 396 g/mol. The first-order valence-corrected chi connectivity index (χ1v) is 10.2. The third-order valence-electron chi connectivity index (χ3n) is 5.46. The maximum atomic E-state index is 12.4. The highest BCUT2D eigenvalue weighted by Gasteiger charge is 2.23. The highest BCUT2D eigenvalue weighted by Crippen LogP contribution is 2.23. The van der Waals surface area contributed by atoms with E-state index in [2.05, 4.69) is 17.0 Å². The molecule has 0 aliphatic carbocycles. The SMILES string of the molecule is O=C(Cc1ccccc1[N+](=O)[O-])CC1CCN(CCOCc2ccccc2)CC1. The van der Waals surface area contributed by atoms with Crippen molar-refractivity contribution < 1.29 is 14.5 Å². The van der Waals surface area contributed by atoms with Crippen LogP contribution in [-0.2, 0) is 22.6 Å². The maximum absolute atomic E-state index is 12.4. The normalized spacial score (nSPS) is 15.3. The summed E-state index contributed by atoms with van der Waals surface area (Å²) in [5, 5.41) is 11.1. The Hall–Kier alpha value is -2.57. The fraction of sp³-hybridized carbons (Fsp3) is 0.435. The van der Waals surface area contributed by atoms with Crippen LogP contribution >= 0.6 is 0 Å². The lowest BCUT2D eigenvalue weighted by Crippen LogP contribution is -2.36. The van der Waals surface area contributed by atoms with Crippen LogP contribution in [0.1, 0.15) is 30.4 Å². The quantitative estimate of drug-likeness (QED) is 0.344. The molecule has 3 rings (SSSR count). The lowest BCUT2D eigenvalue weighted by Gasteiger charge is -2.31. The molecule has 0 N–H and O–H groups in total. The van der Waals surface area contributed by atoms with E-state index in [0.29, 0.717) is 31.1 Å². The van der Waals surface area contributed by atoms with Crippen LogP contribution < -0.4 is 0 Å². The number of likely N-dealkylation sites (tertiary alicyclic amines) is 1. The van der Waals surface area contributed by atoms with E-state index in [4.69, 9.17) is 4.74 Å². The number of carbonyl (C=O) groups excluding carboxylic acids is 1. The predicted octanol–water partition coefficient (Wildman–Crippen LogP) is 4.03. The zero-order chi connectivity index (χ0) is 20.5. The number of carbonyl (C=O) groups is 1. The van der Waals surface area contributed by atoms with Crippen LogP contribution in [-0.4, -0.2) is 41.8 Å². The summed E-state index contributed by atoms with van der Waals surface area (Å²) in [6.07, 6.45) is 2.62. The van der Waals surface area contributed by atoms with E-state index in [9.17, 15) is 14.9 Å². The number of rotatable bonds is 10. The molecule has 1 fully saturated rings.